The van der Waals surface area contributed by atoms with E-state index in [1.165, 1.54) is 6.26 Å². The third kappa shape index (κ3) is 5.07. The van der Waals surface area contributed by atoms with E-state index in [0.717, 1.165) is 31.8 Å². The van der Waals surface area contributed by atoms with Gasteiger partial charge in [-0.2, -0.15) is 11.8 Å². The lowest BCUT2D eigenvalue weighted by molar-refractivity contribution is 0.253. The topological polar surface area (TPSA) is 49.4 Å². The van der Waals surface area contributed by atoms with E-state index in [4.69, 9.17) is 0 Å². The van der Waals surface area contributed by atoms with Gasteiger partial charge in [-0.25, -0.2) is 8.42 Å². The molecule has 0 bridgehead atoms. The van der Waals surface area contributed by atoms with Crippen molar-refractivity contribution >= 4 is 21.6 Å². The molecule has 1 aliphatic rings. The molecule has 1 saturated heterocycles. The van der Waals surface area contributed by atoms with Gasteiger partial charge in [0.1, 0.15) is 5.37 Å². The van der Waals surface area contributed by atoms with Gasteiger partial charge in [0.05, 0.1) is 0 Å². The van der Waals surface area contributed by atoms with E-state index in [1.54, 1.807) is 11.8 Å². The summed E-state index contributed by atoms with van der Waals surface area (Å²) in [6.45, 7) is 9.03. The Kier molecular flexibility index (Phi) is 5.96. The van der Waals surface area contributed by atoms with E-state index in [0.29, 0.717) is 5.75 Å². The predicted molar refractivity (Wildman–Crippen MR) is 79.9 cm³/mol. The second-order valence-corrected chi connectivity index (χ2v) is 8.91. The third-order valence-corrected chi connectivity index (χ3v) is 6.26. The minimum absolute atomic E-state index is 0.130. The highest BCUT2D eigenvalue weighted by molar-refractivity contribution is 8.00. The van der Waals surface area contributed by atoms with Crippen LogP contribution in [0.1, 0.15) is 27.2 Å². The highest BCUT2D eigenvalue weighted by Gasteiger charge is 2.30. The molecular formula is C12H26N2O2S2. The van der Waals surface area contributed by atoms with Crippen molar-refractivity contribution in [2.45, 2.75) is 38.1 Å². The van der Waals surface area contributed by atoms with E-state index < -0.39 is 9.84 Å². The van der Waals surface area contributed by atoms with Gasteiger partial charge in [-0.3, -0.25) is 4.90 Å². The fourth-order valence-electron chi connectivity index (χ4n) is 1.93. The molecular weight excluding hydrogens is 268 g/mol. The highest BCUT2D eigenvalue weighted by atomic mass is 32.2. The van der Waals surface area contributed by atoms with Crippen molar-refractivity contribution in [2.75, 3.05) is 37.4 Å². The van der Waals surface area contributed by atoms with E-state index in [1.807, 2.05) is 0 Å². The van der Waals surface area contributed by atoms with Gasteiger partial charge < -0.3 is 5.32 Å². The van der Waals surface area contributed by atoms with Gasteiger partial charge in [-0.1, -0.05) is 6.92 Å². The van der Waals surface area contributed by atoms with Gasteiger partial charge in [0.15, 0.2) is 9.84 Å². The normalized spacial score (nSPS) is 23.2. The molecule has 1 N–H and O–H groups in total. The lowest BCUT2D eigenvalue weighted by atomic mass is 10.0. The Hall–Kier alpha value is 0.220. The molecule has 1 fully saturated rings. The SMILES string of the molecule is CCC(C)(C)NCCN1CCSCC1S(C)(=O)=O. The zero-order valence-electron chi connectivity index (χ0n) is 11.9. The third-order valence-electron chi connectivity index (χ3n) is 3.57. The molecule has 0 aliphatic carbocycles. The molecule has 18 heavy (non-hydrogen) atoms. The number of thioether (sulfide) groups is 1. The Labute approximate surface area is 116 Å². The number of hydrogen-bond donors (Lipinski definition) is 1. The maximum absolute atomic E-state index is 11.7. The first kappa shape index (κ1) is 16.3. The molecule has 1 heterocycles. The largest absolute Gasteiger partial charge is 0.311 e. The van der Waals surface area contributed by atoms with Crippen LogP contribution in [-0.2, 0) is 9.84 Å². The molecule has 0 spiro atoms. The maximum Gasteiger partial charge on any atom is 0.164 e. The quantitative estimate of drug-likeness (QED) is 0.797. The highest BCUT2D eigenvalue weighted by Crippen LogP contribution is 2.19. The minimum atomic E-state index is -2.97. The van der Waals surface area contributed by atoms with Crippen molar-refractivity contribution < 1.29 is 8.42 Å². The zero-order chi connectivity index (χ0) is 13.8. The second kappa shape index (κ2) is 6.59. The Morgan fingerprint density at radius 2 is 2.11 bits per heavy atom. The first-order valence-electron chi connectivity index (χ1n) is 6.52. The fourth-order valence-corrected chi connectivity index (χ4v) is 4.90. The monoisotopic (exact) mass is 294 g/mol. The van der Waals surface area contributed by atoms with Crippen molar-refractivity contribution in [3.05, 3.63) is 0 Å². The molecule has 108 valence electrons. The molecule has 6 heteroatoms. The number of rotatable bonds is 6. The average molecular weight is 294 g/mol. The number of nitrogens with one attached hydrogen (secondary N) is 1. The molecule has 4 nitrogen and oxygen atoms in total. The van der Waals surface area contributed by atoms with Crippen LogP contribution < -0.4 is 5.32 Å². The van der Waals surface area contributed by atoms with Crippen molar-refractivity contribution in [3.63, 3.8) is 0 Å². The van der Waals surface area contributed by atoms with Gasteiger partial charge in [0, 0.05) is 42.9 Å². The van der Waals surface area contributed by atoms with Crippen LogP contribution in [0.3, 0.4) is 0 Å². The van der Waals surface area contributed by atoms with Gasteiger partial charge in [-0.05, 0) is 20.3 Å². The molecule has 0 saturated carbocycles. The summed E-state index contributed by atoms with van der Waals surface area (Å²) in [6, 6.07) is 0. The van der Waals surface area contributed by atoms with Gasteiger partial charge in [0.2, 0.25) is 0 Å². The van der Waals surface area contributed by atoms with Gasteiger partial charge in [0.25, 0.3) is 0 Å². The molecule has 0 radical (unpaired) electrons. The zero-order valence-corrected chi connectivity index (χ0v) is 13.5. The predicted octanol–water partition coefficient (Wildman–Crippen LogP) is 1.18. The Balaban J connectivity index is 2.49. The van der Waals surface area contributed by atoms with E-state index >= 15 is 0 Å². The Morgan fingerprint density at radius 1 is 1.44 bits per heavy atom. The average Bonchev–Trinajstić information content (AvgIpc) is 2.28. The smallest absolute Gasteiger partial charge is 0.164 e. The van der Waals surface area contributed by atoms with E-state index in [-0.39, 0.29) is 10.9 Å². The molecule has 1 unspecified atom stereocenters. The second-order valence-electron chi connectivity index (χ2n) is 5.56. The summed E-state index contributed by atoms with van der Waals surface area (Å²) >= 11 is 1.74. The van der Waals surface area contributed by atoms with Gasteiger partial charge >= 0.3 is 0 Å². The lowest BCUT2D eigenvalue weighted by Crippen LogP contribution is -2.51. The molecule has 0 aromatic rings. The van der Waals surface area contributed by atoms with Crippen molar-refractivity contribution in [3.8, 4) is 0 Å². The number of hydrogen-bond acceptors (Lipinski definition) is 5. The van der Waals surface area contributed by atoms with Crippen molar-refractivity contribution in [1.82, 2.24) is 10.2 Å². The molecule has 1 rings (SSSR count). The van der Waals surface area contributed by atoms with Crippen LogP contribution in [0.5, 0.6) is 0 Å². The summed E-state index contributed by atoms with van der Waals surface area (Å²) < 4.78 is 23.5. The van der Waals surface area contributed by atoms with Crippen LogP contribution in [-0.4, -0.2) is 61.6 Å². The Bertz CT molecular complexity index is 355. The van der Waals surface area contributed by atoms with Crippen LogP contribution in [0.4, 0.5) is 0 Å². The molecule has 0 aromatic heterocycles. The summed E-state index contributed by atoms with van der Waals surface area (Å²) in [5.41, 5.74) is 0.130. The van der Waals surface area contributed by atoms with Crippen LogP contribution >= 0.6 is 11.8 Å². The number of nitrogens with zero attached hydrogens (tertiary/aromatic N) is 1. The van der Waals surface area contributed by atoms with Crippen LogP contribution in [0.15, 0.2) is 0 Å². The van der Waals surface area contributed by atoms with E-state index in [2.05, 4.69) is 31.0 Å². The molecule has 1 aliphatic heterocycles. The van der Waals surface area contributed by atoms with E-state index in [9.17, 15) is 8.42 Å². The van der Waals surface area contributed by atoms with Crippen molar-refractivity contribution in [2.24, 2.45) is 0 Å². The molecule has 1 atom stereocenters. The summed E-state index contributed by atoms with van der Waals surface area (Å²) in [7, 11) is -2.97. The summed E-state index contributed by atoms with van der Waals surface area (Å²) in [5, 5.41) is 3.18. The standard InChI is InChI=1S/C12H26N2O2S2/c1-5-12(2,3)13-6-7-14-8-9-17-10-11(14)18(4,15)16/h11,13H,5-10H2,1-4H3. The minimum Gasteiger partial charge on any atom is -0.311 e. The van der Waals surface area contributed by atoms with Crippen LogP contribution in [0, 0.1) is 0 Å². The summed E-state index contributed by atoms with van der Waals surface area (Å²) in [6.07, 6.45) is 2.41. The molecule has 0 amide bonds. The van der Waals surface area contributed by atoms with Gasteiger partial charge in [-0.15, -0.1) is 0 Å². The first-order valence-corrected chi connectivity index (χ1v) is 9.63. The fraction of sp³-hybridized carbons (Fsp3) is 1.00. The number of sulfone groups is 1. The maximum atomic E-state index is 11.7. The summed E-state index contributed by atoms with van der Waals surface area (Å²) in [5.74, 6) is 1.74. The van der Waals surface area contributed by atoms with Crippen LogP contribution in [0.25, 0.3) is 0 Å². The van der Waals surface area contributed by atoms with Crippen molar-refractivity contribution in [1.29, 1.82) is 0 Å². The molecule has 0 aromatic carbocycles. The lowest BCUT2D eigenvalue weighted by Gasteiger charge is -2.35. The Morgan fingerprint density at radius 3 is 2.67 bits per heavy atom. The van der Waals surface area contributed by atoms with Crippen LogP contribution in [0.2, 0.25) is 0 Å². The first-order chi connectivity index (χ1) is 8.26. The summed E-state index contributed by atoms with van der Waals surface area (Å²) in [4.78, 5) is 2.10.